The number of rotatable bonds is 10. The number of carbonyl (C=O) groups excluding carboxylic acids is 1. The predicted molar refractivity (Wildman–Crippen MR) is 167 cm³/mol. The van der Waals surface area contributed by atoms with E-state index in [1.54, 1.807) is 37.7 Å². The molecule has 1 aliphatic heterocycles. The zero-order valence-electron chi connectivity index (χ0n) is 24.3. The Morgan fingerprint density at radius 3 is 2.28 bits per heavy atom. The lowest BCUT2D eigenvalue weighted by Crippen LogP contribution is -2.39. The van der Waals surface area contributed by atoms with Gasteiger partial charge in [0.15, 0.2) is 4.80 Å². The standard InChI is InChI=1S/C33H31ClN2O6S/c1-5-40-32(38)29-21(3)35-33-36(30(29)23-8-12-24(39-4)13-9-23)31(37)28(43-33)19-22-6-10-25(11-7-22)41-16-17-42-26-14-15-27(34)20(2)18-26/h6-15,18-19,30H,5,16-17H2,1-4H3. The zero-order valence-corrected chi connectivity index (χ0v) is 25.8. The highest BCUT2D eigenvalue weighted by Crippen LogP contribution is 2.31. The highest BCUT2D eigenvalue weighted by atomic mass is 35.5. The highest BCUT2D eigenvalue weighted by molar-refractivity contribution is 7.07. The van der Waals surface area contributed by atoms with Crippen molar-refractivity contribution >= 4 is 35.0 Å². The summed E-state index contributed by atoms with van der Waals surface area (Å²) < 4.78 is 24.3. The normalized spacial score (nSPS) is 14.6. The van der Waals surface area contributed by atoms with Gasteiger partial charge in [0.1, 0.15) is 30.5 Å². The van der Waals surface area contributed by atoms with Crippen molar-refractivity contribution in [2.75, 3.05) is 26.9 Å². The Bertz CT molecular complexity index is 1840. The van der Waals surface area contributed by atoms with Crippen molar-refractivity contribution in [3.8, 4) is 17.2 Å². The van der Waals surface area contributed by atoms with Crippen LogP contribution in [-0.4, -0.2) is 37.5 Å². The summed E-state index contributed by atoms with van der Waals surface area (Å²) in [5.74, 6) is 1.60. The van der Waals surface area contributed by atoms with E-state index in [-0.39, 0.29) is 12.2 Å². The van der Waals surface area contributed by atoms with Crippen molar-refractivity contribution in [1.29, 1.82) is 0 Å². The molecule has 2 heterocycles. The minimum Gasteiger partial charge on any atom is -0.497 e. The van der Waals surface area contributed by atoms with Crippen LogP contribution in [0.4, 0.5) is 0 Å². The maximum atomic E-state index is 13.8. The number of hydrogen-bond donors (Lipinski definition) is 0. The number of esters is 1. The molecule has 0 N–H and O–H groups in total. The lowest BCUT2D eigenvalue weighted by molar-refractivity contribution is -0.139. The fraction of sp³-hybridized carbons (Fsp3) is 0.242. The van der Waals surface area contributed by atoms with Crippen molar-refractivity contribution in [3.05, 3.63) is 119 Å². The number of aromatic nitrogens is 1. The molecule has 0 spiro atoms. The monoisotopic (exact) mass is 618 g/mol. The van der Waals surface area contributed by atoms with E-state index in [2.05, 4.69) is 4.99 Å². The third-order valence-electron chi connectivity index (χ3n) is 6.88. The predicted octanol–water partition coefficient (Wildman–Crippen LogP) is 5.23. The third kappa shape index (κ3) is 6.68. The number of ether oxygens (including phenoxy) is 4. The summed E-state index contributed by atoms with van der Waals surface area (Å²) in [5, 5.41) is 0.700. The molecule has 1 aromatic heterocycles. The molecule has 0 radical (unpaired) electrons. The van der Waals surface area contributed by atoms with E-state index in [9.17, 15) is 9.59 Å². The number of carbonyl (C=O) groups is 1. The van der Waals surface area contributed by atoms with Crippen LogP contribution in [0.25, 0.3) is 6.08 Å². The molecule has 4 aromatic rings. The molecule has 1 aliphatic rings. The van der Waals surface area contributed by atoms with Crippen LogP contribution in [0.5, 0.6) is 17.2 Å². The third-order valence-corrected chi connectivity index (χ3v) is 8.28. The number of methoxy groups -OCH3 is 1. The summed E-state index contributed by atoms with van der Waals surface area (Å²) >= 11 is 7.34. The first-order valence-corrected chi connectivity index (χ1v) is 14.9. The van der Waals surface area contributed by atoms with Gasteiger partial charge in [0, 0.05) is 5.02 Å². The summed E-state index contributed by atoms with van der Waals surface area (Å²) in [6.45, 7) is 6.40. The van der Waals surface area contributed by atoms with E-state index < -0.39 is 12.0 Å². The van der Waals surface area contributed by atoms with Crippen molar-refractivity contribution < 1.29 is 23.7 Å². The Labute approximate surface area is 258 Å². The number of benzene rings is 3. The van der Waals surface area contributed by atoms with Crippen LogP contribution in [0.2, 0.25) is 5.02 Å². The first-order chi connectivity index (χ1) is 20.8. The lowest BCUT2D eigenvalue weighted by atomic mass is 9.96. The lowest BCUT2D eigenvalue weighted by Gasteiger charge is -2.24. The second kappa shape index (κ2) is 13.3. The van der Waals surface area contributed by atoms with E-state index in [1.165, 1.54) is 11.3 Å². The minimum atomic E-state index is -0.682. The van der Waals surface area contributed by atoms with Gasteiger partial charge in [-0.15, -0.1) is 0 Å². The molecule has 222 valence electrons. The Kier molecular flexibility index (Phi) is 9.33. The van der Waals surface area contributed by atoms with Gasteiger partial charge in [-0.1, -0.05) is 47.2 Å². The molecule has 8 nitrogen and oxygen atoms in total. The van der Waals surface area contributed by atoms with Gasteiger partial charge in [0.05, 0.1) is 35.6 Å². The number of allylic oxidation sites excluding steroid dienone is 1. The first kappa shape index (κ1) is 30.1. The number of aryl methyl sites for hydroxylation is 1. The van der Waals surface area contributed by atoms with Crippen LogP contribution in [0.3, 0.4) is 0 Å². The molecule has 43 heavy (non-hydrogen) atoms. The van der Waals surface area contributed by atoms with Crippen molar-refractivity contribution in [3.63, 3.8) is 0 Å². The Morgan fingerprint density at radius 2 is 1.63 bits per heavy atom. The number of halogens is 1. The molecule has 0 saturated heterocycles. The van der Waals surface area contributed by atoms with Gasteiger partial charge in [-0.3, -0.25) is 9.36 Å². The molecule has 10 heteroatoms. The first-order valence-electron chi connectivity index (χ1n) is 13.7. The van der Waals surface area contributed by atoms with Crippen LogP contribution < -0.4 is 29.1 Å². The maximum Gasteiger partial charge on any atom is 0.338 e. The molecule has 0 bridgehead atoms. The number of hydrogen-bond acceptors (Lipinski definition) is 8. The van der Waals surface area contributed by atoms with E-state index in [0.717, 1.165) is 22.4 Å². The highest BCUT2D eigenvalue weighted by Gasteiger charge is 2.33. The molecule has 1 atom stereocenters. The second-order valence-corrected chi connectivity index (χ2v) is 11.2. The number of fused-ring (bicyclic) bond motifs is 1. The summed E-state index contributed by atoms with van der Waals surface area (Å²) in [7, 11) is 1.59. The van der Waals surface area contributed by atoms with Gasteiger partial charge in [-0.25, -0.2) is 9.79 Å². The molecular weight excluding hydrogens is 588 g/mol. The molecule has 5 rings (SSSR count). The van der Waals surface area contributed by atoms with Crippen molar-refractivity contribution in [2.45, 2.75) is 26.8 Å². The zero-order chi connectivity index (χ0) is 30.5. The summed E-state index contributed by atoms with van der Waals surface area (Å²) in [4.78, 5) is 32.0. The summed E-state index contributed by atoms with van der Waals surface area (Å²) in [6.07, 6.45) is 1.81. The smallest absolute Gasteiger partial charge is 0.338 e. The maximum absolute atomic E-state index is 13.8. The largest absolute Gasteiger partial charge is 0.497 e. The number of thiazole rings is 1. The quantitative estimate of drug-likeness (QED) is 0.179. The molecule has 0 saturated carbocycles. The van der Waals surface area contributed by atoms with Crippen molar-refractivity contribution in [2.24, 2.45) is 4.99 Å². The van der Waals surface area contributed by atoms with Crippen LogP contribution in [0.15, 0.2) is 87.8 Å². The Balaban J connectivity index is 1.37. The van der Waals surface area contributed by atoms with Gasteiger partial charge in [-0.05, 0) is 86.0 Å². The average molecular weight is 619 g/mol. The van der Waals surface area contributed by atoms with E-state index in [4.69, 9.17) is 30.5 Å². The minimum absolute atomic E-state index is 0.212. The van der Waals surface area contributed by atoms with E-state index in [1.807, 2.05) is 67.6 Å². The Hall–Kier alpha value is -4.34. The van der Waals surface area contributed by atoms with Gasteiger partial charge < -0.3 is 18.9 Å². The fourth-order valence-corrected chi connectivity index (χ4v) is 5.89. The number of nitrogens with zero attached hydrogens (tertiary/aromatic N) is 2. The SMILES string of the molecule is CCOC(=O)C1=C(C)N=c2sc(=Cc3ccc(OCCOc4ccc(Cl)c(C)c4)cc3)c(=O)n2C1c1ccc(OC)cc1. The van der Waals surface area contributed by atoms with E-state index >= 15 is 0 Å². The molecule has 1 unspecified atom stereocenters. The molecular formula is C33H31ClN2O6S. The fourth-order valence-electron chi connectivity index (χ4n) is 4.73. The van der Waals surface area contributed by atoms with Crippen molar-refractivity contribution in [1.82, 2.24) is 4.57 Å². The second-order valence-electron chi connectivity index (χ2n) is 9.75. The van der Waals surface area contributed by atoms with Crippen LogP contribution in [0.1, 0.15) is 36.6 Å². The van der Waals surface area contributed by atoms with Crippen LogP contribution in [0, 0.1) is 6.92 Å². The van der Waals surface area contributed by atoms with Crippen LogP contribution >= 0.6 is 22.9 Å². The Morgan fingerprint density at radius 1 is 0.977 bits per heavy atom. The van der Waals surface area contributed by atoms with E-state index in [0.29, 0.717) is 50.3 Å². The van der Waals surface area contributed by atoms with Gasteiger partial charge >= 0.3 is 5.97 Å². The van der Waals surface area contributed by atoms with Gasteiger partial charge in [0.25, 0.3) is 5.56 Å². The summed E-state index contributed by atoms with van der Waals surface area (Å²) in [5.41, 5.74) is 3.14. The summed E-state index contributed by atoms with van der Waals surface area (Å²) in [6, 6.07) is 19.6. The molecule has 3 aromatic carbocycles. The van der Waals surface area contributed by atoms with Gasteiger partial charge in [-0.2, -0.15) is 0 Å². The topological polar surface area (TPSA) is 88.4 Å². The van der Waals surface area contributed by atoms with Crippen LogP contribution in [-0.2, 0) is 9.53 Å². The molecule has 0 aliphatic carbocycles. The molecule has 0 amide bonds. The van der Waals surface area contributed by atoms with Gasteiger partial charge in [0.2, 0.25) is 0 Å². The average Bonchev–Trinajstić information content (AvgIpc) is 3.31. The molecule has 0 fully saturated rings.